The largest absolute Gasteiger partial charge is 0.352 e. The number of carbonyl (C=O) groups is 1. The number of aryl methyl sites for hydroxylation is 1. The second kappa shape index (κ2) is 7.91. The van der Waals surface area contributed by atoms with Crippen molar-refractivity contribution in [3.8, 4) is 5.69 Å². The second-order valence-electron chi connectivity index (χ2n) is 7.40. The van der Waals surface area contributed by atoms with E-state index >= 15 is 0 Å². The number of fused-ring (bicyclic) bond motifs is 1. The highest BCUT2D eigenvalue weighted by molar-refractivity contribution is 7.18. The Hall–Kier alpha value is -3.19. The van der Waals surface area contributed by atoms with E-state index in [0.29, 0.717) is 13.1 Å². The van der Waals surface area contributed by atoms with Crippen LogP contribution in [0.15, 0.2) is 61.2 Å². The monoisotopic (exact) mass is 417 g/mol. The number of piperazine rings is 1. The first-order chi connectivity index (χ1) is 14.7. The molecule has 1 aliphatic rings. The zero-order chi connectivity index (χ0) is 20.5. The first kappa shape index (κ1) is 18.8. The Labute approximate surface area is 179 Å². The molecule has 0 radical (unpaired) electrons. The molecule has 1 amide bonds. The molecule has 0 atom stereocenters. The quantitative estimate of drug-likeness (QED) is 0.504. The lowest BCUT2D eigenvalue weighted by atomic mass is 10.1. The first-order valence-corrected chi connectivity index (χ1v) is 11.1. The first-order valence-electron chi connectivity index (χ1n) is 10.2. The fraction of sp³-hybridized carbons (Fsp3) is 0.261. The van der Waals surface area contributed by atoms with Crippen molar-refractivity contribution in [3.05, 3.63) is 71.6 Å². The average molecular weight is 418 g/mol. The Bertz CT molecular complexity index is 1160. The number of nitrogens with zero attached hydrogens (tertiary/aromatic N) is 5. The lowest BCUT2D eigenvalue weighted by Gasteiger charge is -2.35. The molecule has 0 saturated carbocycles. The smallest absolute Gasteiger partial charge is 0.253 e. The molecule has 4 aromatic rings. The molecular formula is C23H23N5OS. The van der Waals surface area contributed by atoms with Crippen LogP contribution in [0, 0.1) is 0 Å². The highest BCUT2D eigenvalue weighted by atomic mass is 32.1. The summed E-state index contributed by atoms with van der Waals surface area (Å²) in [6.07, 6.45) is 6.65. The molecule has 0 N–H and O–H groups in total. The number of thiophene rings is 1. The van der Waals surface area contributed by atoms with Gasteiger partial charge in [-0.25, -0.2) is 9.97 Å². The van der Waals surface area contributed by atoms with Gasteiger partial charge in [0.2, 0.25) is 0 Å². The maximum Gasteiger partial charge on any atom is 0.253 e. The lowest BCUT2D eigenvalue weighted by Crippen LogP contribution is -2.49. The molecule has 0 unspecified atom stereocenters. The average Bonchev–Trinajstić information content (AvgIpc) is 3.48. The van der Waals surface area contributed by atoms with Crippen molar-refractivity contribution in [2.45, 2.75) is 13.3 Å². The van der Waals surface area contributed by atoms with Crippen LogP contribution in [-0.2, 0) is 6.42 Å². The topological polar surface area (TPSA) is 54.3 Å². The van der Waals surface area contributed by atoms with Crippen molar-refractivity contribution in [3.63, 3.8) is 0 Å². The van der Waals surface area contributed by atoms with Crippen LogP contribution in [0.2, 0.25) is 0 Å². The minimum absolute atomic E-state index is 0.0883. The van der Waals surface area contributed by atoms with Crippen molar-refractivity contribution >= 4 is 33.3 Å². The molecule has 4 heterocycles. The molecule has 0 aliphatic carbocycles. The van der Waals surface area contributed by atoms with Gasteiger partial charge in [-0.3, -0.25) is 4.79 Å². The van der Waals surface area contributed by atoms with Gasteiger partial charge in [0.25, 0.3) is 5.91 Å². The summed E-state index contributed by atoms with van der Waals surface area (Å²) in [5.74, 6) is 1.07. The zero-order valence-corrected chi connectivity index (χ0v) is 17.7. The molecule has 3 aromatic heterocycles. The zero-order valence-electron chi connectivity index (χ0n) is 16.9. The van der Waals surface area contributed by atoms with Gasteiger partial charge in [-0.15, -0.1) is 11.3 Å². The molecule has 152 valence electrons. The molecular weight excluding hydrogens is 394 g/mol. The van der Waals surface area contributed by atoms with Gasteiger partial charge in [0.05, 0.1) is 5.39 Å². The van der Waals surface area contributed by atoms with E-state index in [1.165, 1.54) is 4.88 Å². The van der Waals surface area contributed by atoms with Gasteiger partial charge < -0.3 is 14.4 Å². The third kappa shape index (κ3) is 3.45. The fourth-order valence-electron chi connectivity index (χ4n) is 3.91. The summed E-state index contributed by atoms with van der Waals surface area (Å²) in [5.41, 5.74) is 1.78. The molecule has 0 bridgehead atoms. The Kier molecular flexibility index (Phi) is 4.96. The number of rotatable bonds is 4. The summed E-state index contributed by atoms with van der Waals surface area (Å²) in [7, 11) is 0. The fourth-order valence-corrected chi connectivity index (χ4v) is 4.84. The van der Waals surface area contributed by atoms with Crippen LogP contribution in [0.1, 0.15) is 22.2 Å². The van der Waals surface area contributed by atoms with Gasteiger partial charge in [-0.05, 0) is 48.9 Å². The molecule has 5 rings (SSSR count). The second-order valence-corrected chi connectivity index (χ2v) is 8.51. The SMILES string of the molecule is CCc1cc2c(N3CCN(C(=O)c4ccc(-n5cccc5)cc4)CC3)ncnc2s1. The Balaban J connectivity index is 1.28. The molecule has 1 aliphatic heterocycles. The minimum Gasteiger partial charge on any atom is -0.352 e. The van der Waals surface area contributed by atoms with Crippen molar-refractivity contribution in [1.29, 1.82) is 0 Å². The highest BCUT2D eigenvalue weighted by Crippen LogP contribution is 2.31. The number of hydrogen-bond acceptors (Lipinski definition) is 5. The molecule has 1 saturated heterocycles. The van der Waals surface area contributed by atoms with E-state index in [9.17, 15) is 4.79 Å². The van der Waals surface area contributed by atoms with E-state index in [2.05, 4.69) is 27.9 Å². The molecule has 0 spiro atoms. The lowest BCUT2D eigenvalue weighted by molar-refractivity contribution is 0.0746. The van der Waals surface area contributed by atoms with Crippen molar-refractivity contribution < 1.29 is 4.79 Å². The van der Waals surface area contributed by atoms with Gasteiger partial charge in [-0.2, -0.15) is 0 Å². The number of benzene rings is 1. The summed E-state index contributed by atoms with van der Waals surface area (Å²) in [6.45, 7) is 5.09. The third-order valence-corrected chi connectivity index (χ3v) is 6.78. The molecule has 7 heteroatoms. The summed E-state index contributed by atoms with van der Waals surface area (Å²) >= 11 is 1.73. The number of hydrogen-bond donors (Lipinski definition) is 0. The van der Waals surface area contributed by atoms with Gasteiger partial charge >= 0.3 is 0 Å². The highest BCUT2D eigenvalue weighted by Gasteiger charge is 2.24. The minimum atomic E-state index is 0.0883. The Morgan fingerprint density at radius 3 is 2.47 bits per heavy atom. The van der Waals surface area contributed by atoms with Gasteiger partial charge in [0.15, 0.2) is 0 Å². The van der Waals surface area contributed by atoms with Crippen LogP contribution >= 0.6 is 11.3 Å². The van der Waals surface area contributed by atoms with Crippen LogP contribution in [0.4, 0.5) is 5.82 Å². The van der Waals surface area contributed by atoms with Crippen molar-refractivity contribution in [2.24, 2.45) is 0 Å². The predicted molar refractivity (Wildman–Crippen MR) is 121 cm³/mol. The van der Waals surface area contributed by atoms with Gasteiger partial charge in [0.1, 0.15) is 17.0 Å². The number of amides is 1. The van der Waals surface area contributed by atoms with Gasteiger partial charge in [0, 0.05) is 54.7 Å². The van der Waals surface area contributed by atoms with E-state index in [0.717, 1.165) is 46.8 Å². The van der Waals surface area contributed by atoms with Crippen LogP contribution in [0.25, 0.3) is 15.9 Å². The summed E-state index contributed by atoms with van der Waals surface area (Å²) < 4.78 is 2.03. The molecule has 6 nitrogen and oxygen atoms in total. The number of carbonyl (C=O) groups excluding carboxylic acids is 1. The Morgan fingerprint density at radius 1 is 1.03 bits per heavy atom. The predicted octanol–water partition coefficient (Wildman–Crippen LogP) is 4.01. The van der Waals surface area contributed by atoms with E-state index in [1.54, 1.807) is 17.7 Å². The van der Waals surface area contributed by atoms with Crippen LogP contribution < -0.4 is 4.90 Å². The van der Waals surface area contributed by atoms with Crippen molar-refractivity contribution in [1.82, 2.24) is 19.4 Å². The number of anilines is 1. The maximum atomic E-state index is 13.0. The summed E-state index contributed by atoms with van der Waals surface area (Å²) in [5, 5.41) is 1.12. The molecule has 30 heavy (non-hydrogen) atoms. The normalized spacial score (nSPS) is 14.4. The maximum absolute atomic E-state index is 13.0. The number of aromatic nitrogens is 3. The van der Waals surface area contributed by atoms with Crippen LogP contribution in [0.5, 0.6) is 0 Å². The standard InChI is InChI=1S/C23H23N5OS/c1-2-19-15-20-21(24-16-25-22(20)30-19)27-11-13-28(14-12-27)23(29)17-5-7-18(8-6-17)26-9-3-4-10-26/h3-10,15-16H,2,11-14H2,1H3. The Morgan fingerprint density at radius 2 is 1.77 bits per heavy atom. The van der Waals surface area contributed by atoms with Gasteiger partial charge in [-0.1, -0.05) is 6.92 Å². The van der Waals surface area contributed by atoms with Crippen molar-refractivity contribution in [2.75, 3.05) is 31.1 Å². The summed E-state index contributed by atoms with van der Waals surface area (Å²) in [6, 6.07) is 14.0. The van der Waals surface area contributed by atoms with E-state index in [1.807, 2.05) is 58.3 Å². The molecule has 1 fully saturated rings. The summed E-state index contributed by atoms with van der Waals surface area (Å²) in [4.78, 5) is 28.5. The van der Waals surface area contributed by atoms with Crippen LogP contribution in [0.3, 0.4) is 0 Å². The van der Waals surface area contributed by atoms with Crippen LogP contribution in [-0.4, -0.2) is 51.5 Å². The van der Waals surface area contributed by atoms with E-state index < -0.39 is 0 Å². The van der Waals surface area contributed by atoms with E-state index in [4.69, 9.17) is 0 Å². The molecule has 1 aromatic carbocycles. The van der Waals surface area contributed by atoms with E-state index in [-0.39, 0.29) is 5.91 Å². The third-order valence-electron chi connectivity index (χ3n) is 5.59.